The number of rotatable bonds is 1. The van der Waals surface area contributed by atoms with Crippen molar-refractivity contribution >= 4 is 41.3 Å². The zero-order valence-corrected chi connectivity index (χ0v) is 15.4. The van der Waals surface area contributed by atoms with Gasteiger partial charge in [0.1, 0.15) is 5.65 Å². The minimum absolute atomic E-state index is 0.719. The molecule has 5 rings (SSSR count). The van der Waals surface area contributed by atoms with Crippen LogP contribution in [0.3, 0.4) is 0 Å². The van der Waals surface area contributed by atoms with Gasteiger partial charge in [-0.15, -0.1) is 0 Å². The molecule has 0 spiro atoms. The van der Waals surface area contributed by atoms with E-state index in [-0.39, 0.29) is 0 Å². The number of hydrogen-bond acceptors (Lipinski definition) is 2. The van der Waals surface area contributed by atoms with Gasteiger partial charge in [-0.2, -0.15) is 9.38 Å². The summed E-state index contributed by atoms with van der Waals surface area (Å²) >= 11 is 6.07. The zero-order valence-electron chi connectivity index (χ0n) is 14.7. The van der Waals surface area contributed by atoms with Crippen LogP contribution in [-0.2, 0) is 0 Å². The van der Waals surface area contributed by atoms with Crippen LogP contribution in [0.25, 0.3) is 33.7 Å². The van der Waals surface area contributed by atoms with Crippen molar-refractivity contribution in [2.45, 2.75) is 0 Å². The van der Waals surface area contributed by atoms with Crippen LogP contribution in [0.5, 0.6) is 0 Å². The predicted molar refractivity (Wildman–Crippen MR) is 104 cm³/mol. The molecule has 0 unspecified atom stereocenters. The smallest absolute Gasteiger partial charge is 0.418 e. The van der Waals surface area contributed by atoms with Crippen LogP contribution in [-0.4, -0.2) is 21.6 Å². The molecule has 0 aliphatic rings. The predicted octanol–water partition coefficient (Wildman–Crippen LogP) is 5.24. The van der Waals surface area contributed by atoms with E-state index < -0.39 is 7.25 Å². The molecule has 4 aromatic heterocycles. The maximum atomic E-state index is 9.75. The van der Waals surface area contributed by atoms with Crippen molar-refractivity contribution in [2.75, 3.05) is 0 Å². The molecule has 0 amide bonds. The molecule has 0 radical (unpaired) electrons. The Hall–Kier alpha value is -3.20. The Labute approximate surface area is 167 Å². The first kappa shape index (κ1) is 19.1. The topological polar surface area (TPSA) is 34.3 Å². The van der Waals surface area contributed by atoms with Gasteiger partial charge in [0.15, 0.2) is 11.2 Å². The fraction of sp³-hybridized carbons (Fsp3) is 0. The average molecular weight is 419 g/mol. The molecular formula is C19H12BClF4N4. The highest BCUT2D eigenvalue weighted by Gasteiger charge is 2.23. The Morgan fingerprint density at radius 2 is 1.55 bits per heavy atom. The first-order chi connectivity index (χ1) is 13.8. The van der Waals surface area contributed by atoms with Gasteiger partial charge in [0.2, 0.25) is 0 Å². The molecule has 29 heavy (non-hydrogen) atoms. The zero-order chi connectivity index (χ0) is 20.6. The maximum Gasteiger partial charge on any atom is 0.673 e. The molecule has 0 saturated carbocycles. The minimum Gasteiger partial charge on any atom is -0.418 e. The summed E-state index contributed by atoms with van der Waals surface area (Å²) in [5.74, 6) is 0. The molecular weight excluding hydrogens is 406 g/mol. The minimum atomic E-state index is -6.00. The van der Waals surface area contributed by atoms with Crippen LogP contribution in [0, 0.1) is 0 Å². The molecule has 0 aliphatic carbocycles. The molecule has 0 saturated heterocycles. The Bertz CT molecular complexity index is 1310. The normalized spacial score (nSPS) is 11.6. The van der Waals surface area contributed by atoms with Gasteiger partial charge >= 0.3 is 12.9 Å². The summed E-state index contributed by atoms with van der Waals surface area (Å²) in [5.41, 5.74) is 5.57. The second-order valence-electron chi connectivity index (χ2n) is 6.10. The standard InChI is InChI=1S/C19H12ClN4.BF4/c20-14-9-7-13(8-10-14)17-18-19(21-15-5-1-3-11-23(15)17)22-16-6-2-4-12-24(16)18;2-1(3,4)5/h1-12H;/q+1;-1. The van der Waals surface area contributed by atoms with Gasteiger partial charge in [0.05, 0.1) is 6.20 Å². The Morgan fingerprint density at radius 3 is 2.28 bits per heavy atom. The van der Waals surface area contributed by atoms with E-state index in [2.05, 4.69) is 13.8 Å². The van der Waals surface area contributed by atoms with Gasteiger partial charge in [0.25, 0.3) is 5.65 Å². The summed E-state index contributed by atoms with van der Waals surface area (Å²) in [6.45, 7) is 0. The summed E-state index contributed by atoms with van der Waals surface area (Å²) in [6.07, 6.45) is 4.04. The summed E-state index contributed by atoms with van der Waals surface area (Å²) in [5, 5.41) is 0.719. The van der Waals surface area contributed by atoms with Crippen molar-refractivity contribution < 1.29 is 21.7 Å². The average Bonchev–Trinajstić information content (AvgIpc) is 3.04. The number of nitrogens with zero attached hydrogens (tertiary/aromatic N) is 4. The monoisotopic (exact) mass is 418 g/mol. The van der Waals surface area contributed by atoms with E-state index in [1.165, 1.54) is 0 Å². The SMILES string of the molecule is Clc1ccc(-c2c3c(nc4ccccn43)nc3cccc[n+]23)cc1.F[B-](F)(F)F. The lowest BCUT2D eigenvalue weighted by Crippen LogP contribution is -2.26. The van der Waals surface area contributed by atoms with Crippen LogP contribution in [0.2, 0.25) is 5.02 Å². The molecule has 0 N–H and O–H groups in total. The number of imidazole rings is 1. The van der Waals surface area contributed by atoms with Crippen molar-refractivity contribution in [3.8, 4) is 11.3 Å². The van der Waals surface area contributed by atoms with Crippen LogP contribution < -0.4 is 4.40 Å². The van der Waals surface area contributed by atoms with Crippen LogP contribution in [0.15, 0.2) is 73.1 Å². The molecule has 1 aromatic carbocycles. The molecule has 10 heteroatoms. The Kier molecular flexibility index (Phi) is 4.83. The van der Waals surface area contributed by atoms with E-state index in [9.17, 15) is 17.3 Å². The molecule has 0 atom stereocenters. The number of hydrogen-bond donors (Lipinski definition) is 0. The quantitative estimate of drug-likeness (QED) is 0.212. The third-order valence-electron chi connectivity index (χ3n) is 4.15. The molecule has 4 nitrogen and oxygen atoms in total. The Morgan fingerprint density at radius 1 is 0.862 bits per heavy atom. The first-order valence-electron chi connectivity index (χ1n) is 8.52. The lowest BCUT2D eigenvalue weighted by atomic mass is 10.1. The van der Waals surface area contributed by atoms with E-state index in [0.29, 0.717) is 0 Å². The third-order valence-corrected chi connectivity index (χ3v) is 4.41. The number of halogens is 5. The second-order valence-corrected chi connectivity index (χ2v) is 6.54. The van der Waals surface area contributed by atoms with Crippen LogP contribution >= 0.6 is 11.6 Å². The van der Waals surface area contributed by atoms with Gasteiger partial charge in [-0.1, -0.05) is 23.7 Å². The van der Waals surface area contributed by atoms with Gasteiger partial charge in [-0.3, -0.25) is 4.40 Å². The van der Waals surface area contributed by atoms with Crippen molar-refractivity contribution in [1.82, 2.24) is 14.4 Å². The molecule has 0 bridgehead atoms. The maximum absolute atomic E-state index is 9.75. The fourth-order valence-electron chi connectivity index (χ4n) is 3.10. The van der Waals surface area contributed by atoms with E-state index in [0.717, 1.165) is 38.7 Å². The highest BCUT2D eigenvalue weighted by molar-refractivity contribution is 6.50. The summed E-state index contributed by atoms with van der Waals surface area (Å²) in [6, 6.07) is 19.8. The fourth-order valence-corrected chi connectivity index (χ4v) is 3.23. The molecule has 0 aliphatic heterocycles. The first-order valence-corrected chi connectivity index (χ1v) is 8.89. The molecule has 0 fully saturated rings. The largest absolute Gasteiger partial charge is 0.673 e. The summed E-state index contributed by atoms with van der Waals surface area (Å²) in [7, 11) is -6.00. The van der Waals surface area contributed by atoms with Gasteiger partial charge < -0.3 is 17.3 Å². The molecule has 5 aromatic rings. The molecule has 4 heterocycles. The van der Waals surface area contributed by atoms with Gasteiger partial charge in [0, 0.05) is 22.8 Å². The number of pyridine rings is 2. The van der Waals surface area contributed by atoms with E-state index >= 15 is 0 Å². The molecule has 146 valence electrons. The highest BCUT2D eigenvalue weighted by atomic mass is 35.5. The summed E-state index contributed by atoms with van der Waals surface area (Å²) < 4.78 is 43.2. The van der Waals surface area contributed by atoms with Gasteiger partial charge in [-0.25, -0.2) is 0 Å². The van der Waals surface area contributed by atoms with Crippen molar-refractivity contribution in [3.63, 3.8) is 0 Å². The van der Waals surface area contributed by atoms with Crippen LogP contribution in [0.1, 0.15) is 0 Å². The number of benzene rings is 1. The van der Waals surface area contributed by atoms with E-state index in [1.807, 2.05) is 73.1 Å². The number of aromatic nitrogens is 4. The second kappa shape index (κ2) is 7.33. The lowest BCUT2D eigenvalue weighted by molar-refractivity contribution is -0.500. The Balaban J connectivity index is 0.000000369. The third kappa shape index (κ3) is 4.00. The van der Waals surface area contributed by atoms with E-state index in [1.54, 1.807) is 0 Å². The van der Waals surface area contributed by atoms with Crippen molar-refractivity contribution in [2.24, 2.45) is 0 Å². The highest BCUT2D eigenvalue weighted by Crippen LogP contribution is 2.27. The summed E-state index contributed by atoms with van der Waals surface area (Å²) in [4.78, 5) is 9.41. The van der Waals surface area contributed by atoms with Crippen molar-refractivity contribution in [1.29, 1.82) is 0 Å². The van der Waals surface area contributed by atoms with E-state index in [4.69, 9.17) is 16.6 Å². The lowest BCUT2D eigenvalue weighted by Gasteiger charge is -2.04. The van der Waals surface area contributed by atoms with Crippen molar-refractivity contribution in [3.05, 3.63) is 78.1 Å². The van der Waals surface area contributed by atoms with Gasteiger partial charge in [-0.05, 0) is 47.4 Å². The number of fused-ring (bicyclic) bond motifs is 4. The van der Waals surface area contributed by atoms with Crippen LogP contribution in [0.4, 0.5) is 17.3 Å².